The molecule has 3 saturated heterocycles. The molecule has 3 aliphatic rings. The molecule has 4 nitrogen and oxygen atoms in total. The molecule has 0 saturated carbocycles. The van der Waals surface area contributed by atoms with Gasteiger partial charge in [-0.25, -0.2) is 9.97 Å². The van der Waals surface area contributed by atoms with Crippen LogP contribution in [0.4, 0.5) is 0 Å². The topological polar surface area (TPSA) is 41.1 Å². The van der Waals surface area contributed by atoms with Crippen LogP contribution >= 0.6 is 15.9 Å². The Labute approximate surface area is 193 Å². The summed E-state index contributed by atoms with van der Waals surface area (Å²) in [6.07, 6.45) is 2.52. The summed E-state index contributed by atoms with van der Waals surface area (Å²) >= 11 is 3.68. The lowest BCUT2D eigenvalue weighted by atomic mass is 9.74. The van der Waals surface area contributed by atoms with Crippen LogP contribution in [0.2, 0.25) is 0 Å². The summed E-state index contributed by atoms with van der Waals surface area (Å²) in [5.41, 5.74) is 4.72. The molecular formula is C26H29BrN4. The first-order valence-corrected chi connectivity index (χ1v) is 12.1. The lowest BCUT2D eigenvalue weighted by Crippen LogP contribution is -2.55. The molecule has 4 atom stereocenters. The van der Waals surface area contributed by atoms with Gasteiger partial charge in [0.25, 0.3) is 0 Å². The first-order valence-electron chi connectivity index (χ1n) is 11.3. The number of aryl methyl sites for hydroxylation is 1. The van der Waals surface area contributed by atoms with Gasteiger partial charge in [0.15, 0.2) is 0 Å². The largest absolute Gasteiger partial charge is 0.311 e. The van der Waals surface area contributed by atoms with E-state index in [1.54, 1.807) is 0 Å². The van der Waals surface area contributed by atoms with Crippen molar-refractivity contribution in [3.05, 3.63) is 82.2 Å². The maximum absolute atomic E-state index is 4.89. The SMILES string of the molecule is Cc1nc(-c2ccccc2Br)cc([C@H]2CN3CC[C@H]2C[C@@H]3CNCc2ccccc2)n1. The zero-order chi connectivity index (χ0) is 21.2. The van der Waals surface area contributed by atoms with E-state index in [2.05, 4.69) is 80.7 Å². The second-order valence-electron chi connectivity index (χ2n) is 8.86. The minimum absolute atomic E-state index is 0.502. The van der Waals surface area contributed by atoms with E-state index in [9.17, 15) is 0 Å². The Morgan fingerprint density at radius 2 is 1.87 bits per heavy atom. The molecule has 3 aromatic rings. The molecule has 160 valence electrons. The van der Waals surface area contributed by atoms with Crippen LogP contribution in [0.25, 0.3) is 11.3 Å². The number of fused-ring (bicyclic) bond motifs is 3. The minimum atomic E-state index is 0.502. The zero-order valence-corrected chi connectivity index (χ0v) is 19.6. The predicted molar refractivity (Wildman–Crippen MR) is 129 cm³/mol. The first-order chi connectivity index (χ1) is 15.2. The quantitative estimate of drug-likeness (QED) is 0.531. The van der Waals surface area contributed by atoms with Gasteiger partial charge in [0.2, 0.25) is 0 Å². The van der Waals surface area contributed by atoms with Crippen molar-refractivity contribution in [2.75, 3.05) is 19.6 Å². The number of piperidine rings is 3. The van der Waals surface area contributed by atoms with Gasteiger partial charge in [-0.1, -0.05) is 64.5 Å². The molecular weight excluding hydrogens is 448 g/mol. The van der Waals surface area contributed by atoms with Crippen molar-refractivity contribution in [3.63, 3.8) is 0 Å². The Bertz CT molecular complexity index is 1040. The Kier molecular flexibility index (Phi) is 6.17. The van der Waals surface area contributed by atoms with Crippen molar-refractivity contribution in [3.8, 4) is 11.3 Å². The third kappa shape index (κ3) is 4.59. The van der Waals surface area contributed by atoms with Gasteiger partial charge in [0.05, 0.1) is 5.69 Å². The van der Waals surface area contributed by atoms with Crippen molar-refractivity contribution in [1.29, 1.82) is 0 Å². The van der Waals surface area contributed by atoms with Gasteiger partial charge in [0, 0.05) is 47.3 Å². The summed E-state index contributed by atoms with van der Waals surface area (Å²) in [6.45, 7) is 6.33. The number of hydrogen-bond donors (Lipinski definition) is 1. The minimum Gasteiger partial charge on any atom is -0.311 e. The first kappa shape index (κ1) is 20.8. The number of aromatic nitrogens is 2. The standard InChI is InChI=1S/C26H29BrN4/c1-18-29-25(22-9-5-6-10-24(22)27)14-26(30-18)23-17-31-12-11-20(23)13-21(31)16-28-15-19-7-3-2-4-8-19/h2-10,14,20-21,23,28H,11-13,15-17H2,1H3/t20-,21+,23-/m0/s1. The van der Waals surface area contributed by atoms with E-state index in [0.29, 0.717) is 17.9 Å². The Balaban J connectivity index is 1.28. The molecule has 1 unspecified atom stereocenters. The summed E-state index contributed by atoms with van der Waals surface area (Å²) in [5.74, 6) is 2.07. The van der Waals surface area contributed by atoms with Crippen LogP contribution in [0.15, 0.2) is 65.1 Å². The van der Waals surface area contributed by atoms with Crippen LogP contribution in [-0.4, -0.2) is 40.5 Å². The van der Waals surface area contributed by atoms with Crippen molar-refractivity contribution >= 4 is 15.9 Å². The molecule has 4 heterocycles. The third-order valence-corrected chi connectivity index (χ3v) is 7.51. The van der Waals surface area contributed by atoms with Gasteiger partial charge >= 0.3 is 0 Å². The van der Waals surface area contributed by atoms with Crippen molar-refractivity contribution < 1.29 is 0 Å². The van der Waals surface area contributed by atoms with Crippen molar-refractivity contribution in [1.82, 2.24) is 20.2 Å². The summed E-state index contributed by atoms with van der Waals surface area (Å²) < 4.78 is 1.08. The Morgan fingerprint density at radius 3 is 2.65 bits per heavy atom. The van der Waals surface area contributed by atoms with Crippen molar-refractivity contribution in [2.24, 2.45) is 5.92 Å². The predicted octanol–water partition coefficient (Wildman–Crippen LogP) is 5.18. The fourth-order valence-corrected chi connectivity index (χ4v) is 5.74. The molecule has 1 aromatic heterocycles. The van der Waals surface area contributed by atoms with E-state index in [0.717, 1.165) is 41.2 Å². The van der Waals surface area contributed by atoms with E-state index in [1.807, 2.05) is 13.0 Å². The highest BCUT2D eigenvalue weighted by atomic mass is 79.9. The molecule has 6 rings (SSSR count). The lowest BCUT2D eigenvalue weighted by Gasteiger charge is -2.50. The fourth-order valence-electron chi connectivity index (χ4n) is 5.25. The molecule has 5 heteroatoms. The maximum Gasteiger partial charge on any atom is 0.126 e. The molecule has 2 aromatic carbocycles. The Hall–Kier alpha value is -2.08. The summed E-state index contributed by atoms with van der Waals surface area (Å²) in [5, 5.41) is 3.68. The number of benzene rings is 2. The molecule has 1 N–H and O–H groups in total. The van der Waals surface area contributed by atoms with Crippen LogP contribution in [0.5, 0.6) is 0 Å². The highest BCUT2D eigenvalue weighted by Crippen LogP contribution is 2.42. The van der Waals surface area contributed by atoms with E-state index in [-0.39, 0.29) is 0 Å². The smallest absolute Gasteiger partial charge is 0.126 e. The Morgan fingerprint density at radius 1 is 1.06 bits per heavy atom. The molecule has 0 aliphatic carbocycles. The average Bonchev–Trinajstić information content (AvgIpc) is 2.80. The highest BCUT2D eigenvalue weighted by Gasteiger charge is 2.41. The van der Waals surface area contributed by atoms with Gasteiger partial charge in [-0.3, -0.25) is 4.90 Å². The van der Waals surface area contributed by atoms with Crippen LogP contribution in [-0.2, 0) is 6.54 Å². The maximum atomic E-state index is 4.89. The average molecular weight is 477 g/mol. The van der Waals surface area contributed by atoms with Crippen LogP contribution in [0.3, 0.4) is 0 Å². The van der Waals surface area contributed by atoms with Gasteiger partial charge < -0.3 is 5.32 Å². The number of nitrogens with one attached hydrogen (secondary N) is 1. The molecule has 31 heavy (non-hydrogen) atoms. The summed E-state index contributed by atoms with van der Waals surface area (Å²) in [7, 11) is 0. The zero-order valence-electron chi connectivity index (χ0n) is 18.0. The monoisotopic (exact) mass is 476 g/mol. The third-order valence-electron chi connectivity index (χ3n) is 6.82. The molecule has 0 amide bonds. The van der Waals surface area contributed by atoms with Gasteiger partial charge in [-0.15, -0.1) is 0 Å². The number of rotatable bonds is 6. The van der Waals surface area contributed by atoms with Crippen LogP contribution in [0.1, 0.15) is 35.8 Å². The lowest BCUT2D eigenvalue weighted by molar-refractivity contribution is 0.0292. The van der Waals surface area contributed by atoms with Gasteiger partial charge in [0.1, 0.15) is 5.82 Å². The summed E-state index contributed by atoms with van der Waals surface area (Å²) in [6, 6.07) is 21.8. The van der Waals surface area contributed by atoms with E-state index >= 15 is 0 Å². The molecule has 3 fully saturated rings. The second kappa shape index (κ2) is 9.19. The molecule has 0 radical (unpaired) electrons. The number of halogens is 1. The number of hydrogen-bond acceptors (Lipinski definition) is 4. The highest BCUT2D eigenvalue weighted by molar-refractivity contribution is 9.10. The van der Waals surface area contributed by atoms with Crippen molar-refractivity contribution in [2.45, 2.75) is 38.3 Å². The molecule has 0 spiro atoms. The normalized spacial score (nSPS) is 25.0. The number of nitrogens with zero attached hydrogens (tertiary/aromatic N) is 3. The van der Waals surface area contributed by atoms with Crippen LogP contribution in [0, 0.1) is 12.8 Å². The summed E-state index contributed by atoms with van der Waals surface area (Å²) in [4.78, 5) is 12.3. The van der Waals surface area contributed by atoms with Gasteiger partial charge in [-0.05, 0) is 49.9 Å². The van der Waals surface area contributed by atoms with E-state index in [1.165, 1.54) is 30.6 Å². The molecule has 2 bridgehead atoms. The molecule has 3 aliphatic heterocycles. The van der Waals surface area contributed by atoms with Crippen LogP contribution < -0.4 is 5.32 Å². The van der Waals surface area contributed by atoms with E-state index in [4.69, 9.17) is 9.97 Å². The second-order valence-corrected chi connectivity index (χ2v) is 9.72. The van der Waals surface area contributed by atoms with E-state index < -0.39 is 0 Å². The van der Waals surface area contributed by atoms with Gasteiger partial charge in [-0.2, -0.15) is 0 Å². The fraction of sp³-hybridized carbons (Fsp3) is 0.385.